The third-order valence-electron chi connectivity index (χ3n) is 3.98. The molecule has 0 aliphatic rings. The Morgan fingerprint density at radius 3 is 2.72 bits per heavy atom. The summed E-state index contributed by atoms with van der Waals surface area (Å²) in [5.41, 5.74) is 1.59. The van der Waals surface area contributed by atoms with Crippen LogP contribution in [0.4, 0.5) is 5.69 Å². The third kappa shape index (κ3) is 5.64. The van der Waals surface area contributed by atoms with E-state index >= 15 is 0 Å². The van der Waals surface area contributed by atoms with E-state index in [4.69, 9.17) is 14.2 Å². The molecule has 1 heterocycles. The second-order valence-electron chi connectivity index (χ2n) is 6.02. The Balaban J connectivity index is 1.52. The second kappa shape index (κ2) is 9.83. The molecule has 0 atom stereocenters. The monoisotopic (exact) mass is 414 g/mol. The van der Waals surface area contributed by atoms with E-state index in [0.717, 1.165) is 11.3 Å². The topological polar surface area (TPSA) is 98.4 Å². The first-order valence-electron chi connectivity index (χ1n) is 8.83. The van der Waals surface area contributed by atoms with Gasteiger partial charge in [-0.3, -0.25) is 9.89 Å². The van der Waals surface area contributed by atoms with Gasteiger partial charge in [0.15, 0.2) is 5.82 Å². The molecule has 3 aromatic rings. The van der Waals surface area contributed by atoms with Crippen molar-refractivity contribution in [2.45, 2.75) is 18.7 Å². The van der Waals surface area contributed by atoms with Crippen molar-refractivity contribution in [3.63, 3.8) is 0 Å². The Kier molecular flexibility index (Phi) is 6.96. The van der Waals surface area contributed by atoms with E-state index < -0.39 is 0 Å². The summed E-state index contributed by atoms with van der Waals surface area (Å²) in [5, 5.41) is 10.2. The van der Waals surface area contributed by atoms with Crippen LogP contribution in [-0.4, -0.2) is 41.1 Å². The normalized spacial score (nSPS) is 10.4. The molecule has 0 bridgehead atoms. The van der Waals surface area contributed by atoms with Gasteiger partial charge in [0.05, 0.1) is 25.7 Å². The van der Waals surface area contributed by atoms with Crippen LogP contribution in [0.3, 0.4) is 0 Å². The minimum atomic E-state index is -0.205. The fourth-order valence-corrected chi connectivity index (χ4v) is 3.12. The number of ether oxygens (including phenoxy) is 3. The number of carbonyl (C=O) groups is 1. The molecule has 0 aliphatic heterocycles. The quantitative estimate of drug-likeness (QED) is 0.518. The predicted molar refractivity (Wildman–Crippen MR) is 111 cm³/mol. The molecule has 0 aliphatic carbocycles. The van der Waals surface area contributed by atoms with Gasteiger partial charge in [-0.2, -0.15) is 0 Å². The fourth-order valence-electron chi connectivity index (χ4n) is 2.50. The van der Waals surface area contributed by atoms with E-state index in [2.05, 4.69) is 20.5 Å². The molecule has 1 amide bonds. The number of rotatable bonds is 9. The highest BCUT2D eigenvalue weighted by Gasteiger charge is 2.12. The molecule has 0 fully saturated rings. The van der Waals surface area contributed by atoms with Gasteiger partial charge in [0, 0.05) is 6.07 Å². The maximum absolute atomic E-state index is 12.3. The van der Waals surface area contributed by atoms with Crippen molar-refractivity contribution in [2.24, 2.45) is 0 Å². The van der Waals surface area contributed by atoms with Gasteiger partial charge in [0.1, 0.15) is 23.9 Å². The number of H-pyrrole nitrogens is 1. The van der Waals surface area contributed by atoms with Crippen molar-refractivity contribution < 1.29 is 19.0 Å². The number of anilines is 1. The summed E-state index contributed by atoms with van der Waals surface area (Å²) in [6.45, 7) is 2.25. The van der Waals surface area contributed by atoms with Crippen molar-refractivity contribution in [1.29, 1.82) is 0 Å². The first-order chi connectivity index (χ1) is 14.1. The van der Waals surface area contributed by atoms with E-state index in [1.54, 1.807) is 32.4 Å². The van der Waals surface area contributed by atoms with Crippen LogP contribution in [0.1, 0.15) is 11.4 Å². The number of para-hydroxylation sites is 1. The van der Waals surface area contributed by atoms with Gasteiger partial charge >= 0.3 is 0 Å². The lowest BCUT2D eigenvalue weighted by molar-refractivity contribution is -0.113. The number of aromatic amines is 1. The highest BCUT2D eigenvalue weighted by molar-refractivity contribution is 7.99. The summed E-state index contributed by atoms with van der Waals surface area (Å²) in [5.74, 6) is 2.51. The number of nitrogens with one attached hydrogen (secondary N) is 2. The summed E-state index contributed by atoms with van der Waals surface area (Å²) in [4.78, 5) is 16.6. The molecule has 29 heavy (non-hydrogen) atoms. The van der Waals surface area contributed by atoms with E-state index in [0.29, 0.717) is 28.2 Å². The molecule has 0 saturated heterocycles. The summed E-state index contributed by atoms with van der Waals surface area (Å²) in [6, 6.07) is 13.0. The third-order valence-corrected chi connectivity index (χ3v) is 4.83. The van der Waals surface area contributed by atoms with Gasteiger partial charge in [-0.15, -0.1) is 5.10 Å². The maximum Gasteiger partial charge on any atom is 0.234 e. The lowest BCUT2D eigenvalue weighted by Crippen LogP contribution is -2.15. The number of benzene rings is 2. The lowest BCUT2D eigenvalue weighted by Gasteiger charge is -2.11. The largest absolute Gasteiger partial charge is 0.497 e. The molecule has 3 rings (SSSR count). The zero-order valence-corrected chi connectivity index (χ0v) is 17.2. The van der Waals surface area contributed by atoms with Gasteiger partial charge in [0.25, 0.3) is 0 Å². The number of carbonyl (C=O) groups excluding carboxylic acids is 1. The predicted octanol–water partition coefficient (Wildman–Crippen LogP) is 3.44. The minimum Gasteiger partial charge on any atom is -0.497 e. The number of aromatic nitrogens is 3. The first-order valence-corrected chi connectivity index (χ1v) is 9.82. The Bertz CT molecular complexity index is 977. The van der Waals surface area contributed by atoms with Crippen molar-refractivity contribution >= 4 is 23.4 Å². The first kappa shape index (κ1) is 20.5. The molecular weight excluding hydrogens is 392 g/mol. The van der Waals surface area contributed by atoms with Crippen LogP contribution in [0.15, 0.2) is 47.6 Å². The van der Waals surface area contributed by atoms with E-state index in [9.17, 15) is 4.79 Å². The van der Waals surface area contributed by atoms with Crippen LogP contribution in [0.2, 0.25) is 0 Å². The Morgan fingerprint density at radius 2 is 1.97 bits per heavy atom. The lowest BCUT2D eigenvalue weighted by atomic mass is 10.2. The summed E-state index contributed by atoms with van der Waals surface area (Å²) < 4.78 is 16.2. The van der Waals surface area contributed by atoms with Crippen molar-refractivity contribution in [2.75, 3.05) is 25.3 Å². The molecule has 2 N–H and O–H groups in total. The number of methoxy groups -OCH3 is 2. The number of aryl methyl sites for hydroxylation is 1. The number of hydrogen-bond acceptors (Lipinski definition) is 7. The molecule has 2 aromatic carbocycles. The number of thioether (sulfide) groups is 1. The van der Waals surface area contributed by atoms with Crippen LogP contribution in [0.25, 0.3) is 0 Å². The minimum absolute atomic E-state index is 0.149. The van der Waals surface area contributed by atoms with E-state index in [-0.39, 0.29) is 18.3 Å². The molecule has 1 aromatic heterocycles. The van der Waals surface area contributed by atoms with Gasteiger partial charge in [0.2, 0.25) is 11.1 Å². The average molecular weight is 414 g/mol. The van der Waals surface area contributed by atoms with Gasteiger partial charge in [-0.25, -0.2) is 4.98 Å². The zero-order chi connectivity index (χ0) is 20.6. The van der Waals surface area contributed by atoms with E-state index in [1.165, 1.54) is 11.8 Å². The molecule has 0 unspecified atom stereocenters. The van der Waals surface area contributed by atoms with Gasteiger partial charge < -0.3 is 19.5 Å². The standard InChI is InChI=1S/C20H22N4O4S/c1-13-6-4-5-7-16(13)28-11-18-22-20(24-23-18)29-12-19(25)21-15-10-14(26-2)8-9-17(15)27-3/h4-10H,11-12H2,1-3H3,(H,21,25)(H,22,23,24). The maximum atomic E-state index is 12.3. The average Bonchev–Trinajstić information content (AvgIpc) is 3.19. The van der Waals surface area contributed by atoms with Crippen molar-refractivity contribution in [1.82, 2.24) is 15.2 Å². The van der Waals surface area contributed by atoms with Crippen LogP contribution in [0, 0.1) is 6.92 Å². The number of hydrogen-bond donors (Lipinski definition) is 2. The molecule has 8 nitrogen and oxygen atoms in total. The van der Waals surface area contributed by atoms with Crippen molar-refractivity contribution in [3.05, 3.63) is 53.9 Å². The Morgan fingerprint density at radius 1 is 1.14 bits per heavy atom. The number of amides is 1. The molecule has 9 heteroatoms. The SMILES string of the molecule is COc1ccc(OC)c(NC(=O)CSc2n[nH]c(COc3ccccc3C)n2)c1. The summed E-state index contributed by atoms with van der Waals surface area (Å²) >= 11 is 1.22. The molecule has 0 saturated carbocycles. The highest BCUT2D eigenvalue weighted by atomic mass is 32.2. The van der Waals surface area contributed by atoms with Gasteiger partial charge in [-0.05, 0) is 30.7 Å². The van der Waals surface area contributed by atoms with Crippen LogP contribution in [-0.2, 0) is 11.4 Å². The van der Waals surface area contributed by atoms with Crippen LogP contribution >= 0.6 is 11.8 Å². The molecule has 0 spiro atoms. The highest BCUT2D eigenvalue weighted by Crippen LogP contribution is 2.29. The van der Waals surface area contributed by atoms with Crippen LogP contribution < -0.4 is 19.5 Å². The van der Waals surface area contributed by atoms with Gasteiger partial charge in [-0.1, -0.05) is 30.0 Å². The second-order valence-corrected chi connectivity index (χ2v) is 6.96. The number of nitrogens with zero attached hydrogens (tertiary/aromatic N) is 2. The van der Waals surface area contributed by atoms with Crippen molar-refractivity contribution in [3.8, 4) is 17.2 Å². The zero-order valence-electron chi connectivity index (χ0n) is 16.4. The van der Waals surface area contributed by atoms with E-state index in [1.807, 2.05) is 31.2 Å². The Labute approximate surface area is 173 Å². The van der Waals surface area contributed by atoms with Crippen LogP contribution in [0.5, 0.6) is 17.2 Å². The Hall–Kier alpha value is -3.20. The smallest absolute Gasteiger partial charge is 0.234 e. The summed E-state index contributed by atoms with van der Waals surface area (Å²) in [6.07, 6.45) is 0. The molecule has 0 radical (unpaired) electrons. The molecular formula is C20H22N4O4S. The molecule has 152 valence electrons. The fraction of sp³-hybridized carbons (Fsp3) is 0.250. The summed E-state index contributed by atoms with van der Waals surface area (Å²) in [7, 11) is 3.10.